The Hall–Kier alpha value is -0.650. The minimum Gasteiger partial charge on any atom is -0.465 e. The van der Waals surface area contributed by atoms with Crippen LogP contribution in [-0.4, -0.2) is 41.8 Å². The van der Waals surface area contributed by atoms with Crippen molar-refractivity contribution in [2.45, 2.75) is 51.3 Å². The molecule has 2 aliphatic rings. The number of hydrogen-bond acceptors (Lipinski definition) is 5. The quantitative estimate of drug-likeness (QED) is 0.698. The van der Waals surface area contributed by atoms with Crippen LogP contribution in [0.25, 0.3) is 0 Å². The van der Waals surface area contributed by atoms with Gasteiger partial charge < -0.3 is 19.3 Å². The maximum absolute atomic E-state index is 10.7. The maximum Gasteiger partial charge on any atom is 0.302 e. The fraction of sp³-hybridized carbons (Fsp3) is 0.909. The van der Waals surface area contributed by atoms with Gasteiger partial charge in [0.25, 0.3) is 0 Å². The molecule has 92 valence electrons. The molecule has 16 heavy (non-hydrogen) atoms. The number of ether oxygens (including phenoxy) is 3. The Bertz CT molecular complexity index is 288. The molecule has 1 aliphatic carbocycles. The van der Waals surface area contributed by atoms with Crippen molar-refractivity contribution < 1.29 is 24.1 Å². The van der Waals surface area contributed by atoms with Gasteiger partial charge in [0, 0.05) is 12.8 Å². The Morgan fingerprint density at radius 3 is 2.69 bits per heavy atom. The molecule has 0 unspecified atom stereocenters. The van der Waals surface area contributed by atoms with E-state index in [-0.39, 0.29) is 30.7 Å². The highest BCUT2D eigenvalue weighted by atomic mass is 16.8. The summed E-state index contributed by atoms with van der Waals surface area (Å²) in [7, 11) is 0. The number of fused-ring (bicyclic) bond motifs is 1. The molecule has 0 spiro atoms. The van der Waals surface area contributed by atoms with Crippen molar-refractivity contribution in [3.05, 3.63) is 0 Å². The molecule has 1 N–H and O–H groups in total. The Kier molecular flexibility index (Phi) is 2.94. The maximum atomic E-state index is 10.7. The van der Waals surface area contributed by atoms with E-state index in [4.69, 9.17) is 14.2 Å². The summed E-state index contributed by atoms with van der Waals surface area (Å²) < 4.78 is 16.3. The summed E-state index contributed by atoms with van der Waals surface area (Å²) in [5.41, 5.74) is 0. The van der Waals surface area contributed by atoms with Crippen LogP contribution in [0.5, 0.6) is 0 Å². The van der Waals surface area contributed by atoms with Crippen LogP contribution >= 0.6 is 0 Å². The monoisotopic (exact) mass is 230 g/mol. The third kappa shape index (κ3) is 2.21. The lowest BCUT2D eigenvalue weighted by molar-refractivity contribution is -0.169. The largest absolute Gasteiger partial charge is 0.465 e. The normalized spacial score (nSPS) is 40.8. The van der Waals surface area contributed by atoms with Gasteiger partial charge in [0.1, 0.15) is 6.10 Å². The van der Waals surface area contributed by atoms with Gasteiger partial charge in [0.15, 0.2) is 5.79 Å². The SMILES string of the molecule is CC(=O)OC[C@H]1C[C@H](O)[C@@H]2OC(C)(C)O[C@H]12. The molecule has 0 amide bonds. The van der Waals surface area contributed by atoms with Crippen molar-refractivity contribution in [1.82, 2.24) is 0 Å². The van der Waals surface area contributed by atoms with Crippen molar-refractivity contribution in [3.63, 3.8) is 0 Å². The van der Waals surface area contributed by atoms with Gasteiger partial charge in [0.05, 0.1) is 18.8 Å². The topological polar surface area (TPSA) is 65.0 Å². The zero-order valence-corrected chi connectivity index (χ0v) is 9.80. The minimum absolute atomic E-state index is 0.0191. The molecule has 0 aromatic rings. The van der Waals surface area contributed by atoms with Crippen LogP contribution in [-0.2, 0) is 19.0 Å². The Morgan fingerprint density at radius 2 is 2.06 bits per heavy atom. The lowest BCUT2D eigenvalue weighted by Crippen LogP contribution is -2.29. The summed E-state index contributed by atoms with van der Waals surface area (Å²) in [5, 5.41) is 9.82. The molecule has 4 atom stereocenters. The molecule has 1 heterocycles. The second kappa shape index (κ2) is 3.98. The van der Waals surface area contributed by atoms with Crippen LogP contribution in [0, 0.1) is 5.92 Å². The van der Waals surface area contributed by atoms with Crippen molar-refractivity contribution in [1.29, 1.82) is 0 Å². The zero-order valence-electron chi connectivity index (χ0n) is 9.80. The molecule has 0 bridgehead atoms. The van der Waals surface area contributed by atoms with Gasteiger partial charge in [-0.05, 0) is 20.3 Å². The van der Waals surface area contributed by atoms with Crippen molar-refractivity contribution in [3.8, 4) is 0 Å². The van der Waals surface area contributed by atoms with E-state index >= 15 is 0 Å². The number of carbonyl (C=O) groups is 1. The van der Waals surface area contributed by atoms with Crippen LogP contribution in [0.15, 0.2) is 0 Å². The molecule has 1 saturated heterocycles. The Labute approximate surface area is 94.7 Å². The van der Waals surface area contributed by atoms with Crippen molar-refractivity contribution in [2.75, 3.05) is 6.61 Å². The van der Waals surface area contributed by atoms with Gasteiger partial charge in [-0.3, -0.25) is 4.79 Å². The number of rotatable bonds is 2. The lowest BCUT2D eigenvalue weighted by atomic mass is 10.1. The van der Waals surface area contributed by atoms with Crippen molar-refractivity contribution in [2.24, 2.45) is 5.92 Å². The molecule has 1 aliphatic heterocycles. The molecule has 0 aromatic heterocycles. The first kappa shape index (κ1) is 11.8. The first-order valence-corrected chi connectivity index (χ1v) is 5.56. The molecule has 2 fully saturated rings. The molecular formula is C11H18O5. The van der Waals surface area contributed by atoms with E-state index in [1.54, 1.807) is 0 Å². The summed E-state index contributed by atoms with van der Waals surface area (Å²) in [6.45, 7) is 5.30. The second-order valence-electron chi connectivity index (χ2n) is 4.93. The molecular weight excluding hydrogens is 212 g/mol. The lowest BCUT2D eigenvalue weighted by Gasteiger charge is -2.22. The predicted octanol–water partition coefficient (Wildman–Crippen LogP) is 0.450. The summed E-state index contributed by atoms with van der Waals surface area (Å²) in [6, 6.07) is 0. The molecule has 0 radical (unpaired) electrons. The molecule has 5 nitrogen and oxygen atoms in total. The van der Waals surface area contributed by atoms with E-state index in [0.717, 1.165) is 0 Å². The number of hydrogen-bond donors (Lipinski definition) is 1. The van der Waals surface area contributed by atoms with Gasteiger partial charge in [0.2, 0.25) is 0 Å². The first-order valence-electron chi connectivity index (χ1n) is 5.56. The van der Waals surface area contributed by atoms with Crippen LogP contribution in [0.1, 0.15) is 27.2 Å². The number of esters is 1. The highest BCUT2D eigenvalue weighted by Crippen LogP contribution is 2.41. The van der Waals surface area contributed by atoms with Crippen LogP contribution in [0.3, 0.4) is 0 Å². The van der Waals surface area contributed by atoms with Gasteiger partial charge in [-0.25, -0.2) is 0 Å². The standard InChI is InChI=1S/C11H18O5/c1-6(12)14-5-7-4-8(13)10-9(7)15-11(2,3)16-10/h7-10,13H,4-5H2,1-3H3/t7-,8+,9-,10+/m1/s1. The second-order valence-corrected chi connectivity index (χ2v) is 4.93. The third-order valence-corrected chi connectivity index (χ3v) is 3.05. The first-order chi connectivity index (χ1) is 7.39. The Morgan fingerprint density at radius 1 is 1.44 bits per heavy atom. The molecule has 5 heteroatoms. The third-order valence-electron chi connectivity index (χ3n) is 3.05. The molecule has 1 saturated carbocycles. The number of aliphatic hydroxyl groups is 1. The zero-order chi connectivity index (χ0) is 11.9. The summed E-state index contributed by atoms with van der Waals surface area (Å²) in [5.74, 6) is -0.952. The molecule has 0 aromatic carbocycles. The van der Waals surface area contributed by atoms with Crippen LogP contribution in [0.4, 0.5) is 0 Å². The van der Waals surface area contributed by atoms with Crippen molar-refractivity contribution >= 4 is 5.97 Å². The van der Waals surface area contributed by atoms with Crippen LogP contribution < -0.4 is 0 Å². The van der Waals surface area contributed by atoms with Gasteiger partial charge >= 0.3 is 5.97 Å². The predicted molar refractivity (Wildman–Crippen MR) is 54.6 cm³/mol. The van der Waals surface area contributed by atoms with Crippen LogP contribution in [0.2, 0.25) is 0 Å². The van der Waals surface area contributed by atoms with Gasteiger partial charge in [-0.15, -0.1) is 0 Å². The van der Waals surface area contributed by atoms with Gasteiger partial charge in [-0.1, -0.05) is 0 Å². The fourth-order valence-electron chi connectivity index (χ4n) is 2.45. The number of carbonyl (C=O) groups excluding carboxylic acids is 1. The van der Waals surface area contributed by atoms with E-state index in [1.807, 2.05) is 13.8 Å². The van der Waals surface area contributed by atoms with E-state index in [2.05, 4.69) is 0 Å². The minimum atomic E-state index is -0.662. The van der Waals surface area contributed by atoms with E-state index in [0.29, 0.717) is 6.42 Å². The van der Waals surface area contributed by atoms with Gasteiger partial charge in [-0.2, -0.15) is 0 Å². The van der Waals surface area contributed by atoms with E-state index in [9.17, 15) is 9.90 Å². The summed E-state index contributed by atoms with van der Waals surface area (Å²) in [6.07, 6.45) is -0.453. The average Bonchev–Trinajstić information content (AvgIpc) is 2.59. The smallest absolute Gasteiger partial charge is 0.302 e. The average molecular weight is 230 g/mol. The molecule has 2 rings (SSSR count). The van der Waals surface area contributed by atoms with E-state index in [1.165, 1.54) is 6.92 Å². The highest BCUT2D eigenvalue weighted by Gasteiger charge is 2.53. The highest BCUT2D eigenvalue weighted by molar-refractivity contribution is 5.65. The summed E-state index contributed by atoms with van der Waals surface area (Å²) >= 11 is 0. The van der Waals surface area contributed by atoms with E-state index < -0.39 is 11.9 Å². The Balaban J connectivity index is 1.99. The summed E-state index contributed by atoms with van der Waals surface area (Å²) in [4.78, 5) is 10.7. The fourth-order valence-corrected chi connectivity index (χ4v) is 2.45. The number of aliphatic hydroxyl groups excluding tert-OH is 1.